The number of carbonyl (C=O) groups excluding carboxylic acids is 1. The minimum Gasteiger partial charge on any atom is -0.366 e. The normalized spacial score (nSPS) is 20.4. The van der Waals surface area contributed by atoms with Crippen LogP contribution >= 0.6 is 23.2 Å². The van der Waals surface area contributed by atoms with Crippen LogP contribution < -0.4 is 10.2 Å². The van der Waals surface area contributed by atoms with Crippen molar-refractivity contribution < 1.29 is 4.79 Å². The van der Waals surface area contributed by atoms with Gasteiger partial charge in [-0.3, -0.25) is 9.89 Å². The van der Waals surface area contributed by atoms with Crippen LogP contribution in [0.1, 0.15) is 24.3 Å². The van der Waals surface area contributed by atoms with Crippen molar-refractivity contribution in [2.24, 2.45) is 0 Å². The zero-order valence-corrected chi connectivity index (χ0v) is 18.5. The highest BCUT2D eigenvalue weighted by atomic mass is 35.5. The molecule has 0 spiro atoms. The number of fused-ring (bicyclic) bond motifs is 1. The summed E-state index contributed by atoms with van der Waals surface area (Å²) in [4.78, 5) is 22.1. The molecule has 0 aliphatic carbocycles. The second-order valence-corrected chi connectivity index (χ2v) is 8.98. The Morgan fingerprint density at radius 1 is 1.10 bits per heavy atom. The number of anilines is 1. The molecule has 7 nitrogen and oxygen atoms in total. The standard InChI is InChI=1S/C22H24Cl2N6O/c23-15-5-3-14(4-6-15)19(18-2-1-7-25-18)22(31)30-10-8-29(9-11-30)20-16-12-27-28-21(16)26-13-17(20)24/h3-6,12-13,18-19,25H,1-2,7-11H2,(H,26,27,28)/t18-,19-/m0/s1. The number of hydrogen-bond acceptors (Lipinski definition) is 5. The molecule has 0 bridgehead atoms. The fourth-order valence-electron chi connectivity index (χ4n) is 4.74. The van der Waals surface area contributed by atoms with Crippen molar-refractivity contribution in [1.29, 1.82) is 0 Å². The van der Waals surface area contributed by atoms with E-state index in [0.29, 0.717) is 41.9 Å². The van der Waals surface area contributed by atoms with Crippen LogP contribution in [0.15, 0.2) is 36.7 Å². The molecule has 2 saturated heterocycles. The molecule has 2 atom stereocenters. The number of halogens is 2. The fraction of sp³-hybridized carbons (Fsp3) is 0.409. The van der Waals surface area contributed by atoms with E-state index in [4.69, 9.17) is 23.2 Å². The Hall–Kier alpha value is -2.35. The van der Waals surface area contributed by atoms with Gasteiger partial charge in [-0.2, -0.15) is 5.10 Å². The van der Waals surface area contributed by atoms with Crippen molar-refractivity contribution in [3.05, 3.63) is 52.3 Å². The molecular weight excluding hydrogens is 435 g/mol. The van der Waals surface area contributed by atoms with Crippen molar-refractivity contribution in [1.82, 2.24) is 25.4 Å². The van der Waals surface area contributed by atoms with E-state index in [1.165, 1.54) is 0 Å². The summed E-state index contributed by atoms with van der Waals surface area (Å²) in [6.07, 6.45) is 5.50. The van der Waals surface area contributed by atoms with Gasteiger partial charge in [-0.05, 0) is 37.1 Å². The lowest BCUT2D eigenvalue weighted by molar-refractivity contribution is -0.133. The van der Waals surface area contributed by atoms with Crippen LogP contribution in [0.25, 0.3) is 11.0 Å². The zero-order chi connectivity index (χ0) is 21.4. The van der Waals surface area contributed by atoms with Crippen molar-refractivity contribution in [3.8, 4) is 0 Å². The van der Waals surface area contributed by atoms with E-state index in [2.05, 4.69) is 25.4 Å². The van der Waals surface area contributed by atoms with Gasteiger partial charge < -0.3 is 15.1 Å². The van der Waals surface area contributed by atoms with E-state index >= 15 is 0 Å². The summed E-state index contributed by atoms with van der Waals surface area (Å²) >= 11 is 12.6. The fourth-order valence-corrected chi connectivity index (χ4v) is 5.14. The molecule has 5 rings (SSSR count). The maximum atomic E-state index is 13.6. The van der Waals surface area contributed by atoms with Crippen LogP contribution in [0.3, 0.4) is 0 Å². The largest absolute Gasteiger partial charge is 0.366 e. The van der Waals surface area contributed by atoms with E-state index in [9.17, 15) is 4.79 Å². The topological polar surface area (TPSA) is 77.2 Å². The smallest absolute Gasteiger partial charge is 0.231 e. The Morgan fingerprint density at radius 2 is 1.87 bits per heavy atom. The molecular formula is C22H24Cl2N6O. The molecule has 0 saturated carbocycles. The molecule has 2 fully saturated rings. The van der Waals surface area contributed by atoms with E-state index in [1.807, 2.05) is 29.2 Å². The highest BCUT2D eigenvalue weighted by Crippen LogP contribution is 2.34. The molecule has 1 amide bonds. The lowest BCUT2D eigenvalue weighted by Gasteiger charge is -2.39. The summed E-state index contributed by atoms with van der Waals surface area (Å²) in [6.45, 7) is 3.67. The van der Waals surface area contributed by atoms with Gasteiger partial charge in [0.05, 0.1) is 34.4 Å². The number of pyridine rings is 1. The highest BCUT2D eigenvalue weighted by Gasteiger charge is 2.36. The summed E-state index contributed by atoms with van der Waals surface area (Å²) in [6, 6.07) is 7.85. The quantitative estimate of drug-likeness (QED) is 0.625. The number of benzene rings is 1. The van der Waals surface area contributed by atoms with Crippen molar-refractivity contribution >= 4 is 45.8 Å². The number of amides is 1. The third-order valence-corrected chi connectivity index (χ3v) is 6.84. The molecule has 1 aromatic carbocycles. The third-order valence-electron chi connectivity index (χ3n) is 6.31. The summed E-state index contributed by atoms with van der Waals surface area (Å²) in [5.41, 5.74) is 2.67. The number of nitrogens with one attached hydrogen (secondary N) is 2. The molecule has 3 aromatic rings. The number of aromatic nitrogens is 3. The number of nitrogens with zero attached hydrogens (tertiary/aromatic N) is 4. The SMILES string of the molecule is O=C([C@@H](c1ccc(Cl)cc1)[C@@H]1CCCN1)N1CCN(c2c(Cl)cnc3[nH]ncc23)CC1. The average Bonchev–Trinajstić information content (AvgIpc) is 3.48. The van der Waals surface area contributed by atoms with Crippen LogP contribution in [0.2, 0.25) is 10.0 Å². The second-order valence-electron chi connectivity index (χ2n) is 8.13. The van der Waals surface area contributed by atoms with Crippen LogP contribution in [-0.4, -0.2) is 64.8 Å². The van der Waals surface area contributed by atoms with Gasteiger partial charge in [0, 0.05) is 37.2 Å². The monoisotopic (exact) mass is 458 g/mol. The molecule has 0 radical (unpaired) electrons. The predicted octanol–water partition coefficient (Wildman–Crippen LogP) is 3.45. The highest BCUT2D eigenvalue weighted by molar-refractivity contribution is 6.34. The summed E-state index contributed by atoms with van der Waals surface area (Å²) in [5.74, 6) is -0.0212. The average molecular weight is 459 g/mol. The van der Waals surface area contributed by atoms with E-state index in [0.717, 1.165) is 36.0 Å². The van der Waals surface area contributed by atoms with Crippen LogP contribution in [0.4, 0.5) is 5.69 Å². The predicted molar refractivity (Wildman–Crippen MR) is 123 cm³/mol. The van der Waals surface area contributed by atoms with Gasteiger partial charge in [-0.15, -0.1) is 0 Å². The van der Waals surface area contributed by atoms with Gasteiger partial charge in [-0.1, -0.05) is 35.3 Å². The molecule has 4 heterocycles. The number of H-pyrrole nitrogens is 1. The zero-order valence-electron chi connectivity index (χ0n) is 17.0. The summed E-state index contributed by atoms with van der Waals surface area (Å²) in [5, 5.41) is 12.7. The first kappa shape index (κ1) is 20.5. The van der Waals surface area contributed by atoms with E-state index in [-0.39, 0.29) is 17.9 Å². The van der Waals surface area contributed by atoms with Gasteiger partial charge in [0.2, 0.25) is 5.91 Å². The molecule has 2 aliphatic rings. The summed E-state index contributed by atoms with van der Waals surface area (Å²) in [7, 11) is 0. The van der Waals surface area contributed by atoms with Gasteiger partial charge in [0.15, 0.2) is 5.65 Å². The molecule has 2 aromatic heterocycles. The number of rotatable bonds is 4. The second kappa shape index (κ2) is 8.65. The number of aromatic amines is 1. The minimum absolute atomic E-state index is 0.159. The molecule has 162 valence electrons. The molecule has 0 unspecified atom stereocenters. The maximum absolute atomic E-state index is 13.6. The lowest BCUT2D eigenvalue weighted by Crippen LogP contribution is -2.52. The van der Waals surface area contributed by atoms with Crippen molar-refractivity contribution in [2.45, 2.75) is 24.8 Å². The van der Waals surface area contributed by atoms with Gasteiger partial charge in [-0.25, -0.2) is 4.98 Å². The Balaban J connectivity index is 1.35. The van der Waals surface area contributed by atoms with Crippen molar-refractivity contribution in [2.75, 3.05) is 37.6 Å². The maximum Gasteiger partial charge on any atom is 0.231 e. The van der Waals surface area contributed by atoms with Gasteiger partial charge >= 0.3 is 0 Å². The third kappa shape index (κ3) is 3.97. The van der Waals surface area contributed by atoms with E-state index < -0.39 is 0 Å². The number of hydrogen-bond donors (Lipinski definition) is 2. The van der Waals surface area contributed by atoms with Gasteiger partial charge in [0.25, 0.3) is 0 Å². The van der Waals surface area contributed by atoms with Crippen LogP contribution in [0.5, 0.6) is 0 Å². The Bertz CT molecular complexity index is 1070. The van der Waals surface area contributed by atoms with Crippen LogP contribution in [-0.2, 0) is 4.79 Å². The molecule has 2 aliphatic heterocycles. The molecule has 31 heavy (non-hydrogen) atoms. The first-order valence-corrected chi connectivity index (χ1v) is 11.4. The first-order chi connectivity index (χ1) is 15.1. The number of piperazine rings is 1. The Kier molecular flexibility index (Phi) is 5.73. The van der Waals surface area contributed by atoms with Crippen LogP contribution in [0, 0.1) is 0 Å². The Labute approximate surface area is 190 Å². The molecule has 2 N–H and O–H groups in total. The number of carbonyl (C=O) groups is 1. The lowest BCUT2D eigenvalue weighted by atomic mass is 9.89. The Morgan fingerprint density at radius 3 is 2.58 bits per heavy atom. The summed E-state index contributed by atoms with van der Waals surface area (Å²) < 4.78 is 0. The van der Waals surface area contributed by atoms with Crippen molar-refractivity contribution in [3.63, 3.8) is 0 Å². The minimum atomic E-state index is -0.198. The van der Waals surface area contributed by atoms with E-state index in [1.54, 1.807) is 12.4 Å². The van der Waals surface area contributed by atoms with Gasteiger partial charge in [0.1, 0.15) is 0 Å². The first-order valence-electron chi connectivity index (χ1n) is 10.6. The molecule has 9 heteroatoms.